The van der Waals surface area contributed by atoms with Gasteiger partial charge in [-0.25, -0.2) is 9.79 Å². The highest BCUT2D eigenvalue weighted by Gasteiger charge is 1.90. The molecule has 3 heteroatoms. The van der Waals surface area contributed by atoms with Crippen molar-refractivity contribution in [3.8, 4) is 0 Å². The molecule has 0 aliphatic heterocycles. The fourth-order valence-corrected chi connectivity index (χ4v) is 1.37. The van der Waals surface area contributed by atoms with Crippen molar-refractivity contribution in [2.75, 3.05) is 6.54 Å². The Morgan fingerprint density at radius 2 is 1.43 bits per heavy atom. The fraction of sp³-hybridized carbons (Fsp3) is 0.909. The average Bonchev–Trinajstić information content (AvgIpc) is 2.16. The Hall–Kier alpha value is -0.690. The molecule has 0 aliphatic rings. The van der Waals surface area contributed by atoms with E-state index in [4.69, 9.17) is 0 Å². The van der Waals surface area contributed by atoms with Crippen LogP contribution in [0.2, 0.25) is 0 Å². The van der Waals surface area contributed by atoms with E-state index in [0.29, 0.717) is 6.54 Å². The molecule has 0 aromatic rings. The maximum absolute atomic E-state index is 9.72. The number of unbranched alkanes of at least 4 members (excludes halogenated alkanes) is 7. The van der Waals surface area contributed by atoms with Gasteiger partial charge in [0.15, 0.2) is 0 Å². The molecule has 0 saturated heterocycles. The molecule has 0 fully saturated rings. The van der Waals surface area contributed by atoms with Crippen LogP contribution in [0.4, 0.5) is 4.70 Å². The van der Waals surface area contributed by atoms with Crippen LogP contribution in [0.15, 0.2) is 4.99 Å². The van der Waals surface area contributed by atoms with Crippen LogP contribution >= 0.6 is 0 Å². The number of rotatable bonds is 9. The molecule has 0 saturated carbocycles. The molecule has 2 nitrogen and oxygen atoms in total. The van der Waals surface area contributed by atoms with Gasteiger partial charge in [-0.2, -0.15) is 0 Å². The second-order valence-corrected chi connectivity index (χ2v) is 3.45. The van der Waals surface area contributed by atoms with E-state index in [0.717, 1.165) is 6.42 Å². The van der Waals surface area contributed by atoms with Crippen molar-refractivity contribution in [3.05, 3.63) is 0 Å². The van der Waals surface area contributed by atoms with Crippen molar-refractivity contribution in [2.24, 2.45) is 4.99 Å². The van der Waals surface area contributed by atoms with Crippen LogP contribution in [0, 0.1) is 0 Å². The van der Waals surface area contributed by atoms with E-state index in [1.165, 1.54) is 44.9 Å². The second-order valence-electron chi connectivity index (χ2n) is 3.45. The van der Waals surface area contributed by atoms with E-state index in [9.17, 15) is 4.79 Å². The molecule has 14 heavy (non-hydrogen) atoms. The first-order chi connectivity index (χ1) is 6.41. The summed E-state index contributed by atoms with van der Waals surface area (Å²) in [4.78, 5) is 13.2. The SMILES string of the molecule is CCCCCCCCCCN=C=O.F. The normalized spacial score (nSPS) is 8.93. The summed E-state index contributed by atoms with van der Waals surface area (Å²) in [6.07, 6.45) is 11.9. The van der Waals surface area contributed by atoms with Crippen molar-refractivity contribution in [3.63, 3.8) is 0 Å². The highest BCUT2D eigenvalue weighted by atomic mass is 19.0. The van der Waals surface area contributed by atoms with Gasteiger partial charge in [-0.1, -0.05) is 51.9 Å². The van der Waals surface area contributed by atoms with Gasteiger partial charge in [0.1, 0.15) is 0 Å². The molecular formula is C11H22FNO. The molecule has 0 rings (SSSR count). The lowest BCUT2D eigenvalue weighted by Gasteiger charge is -1.98. The van der Waals surface area contributed by atoms with Gasteiger partial charge in [0.2, 0.25) is 6.08 Å². The summed E-state index contributed by atoms with van der Waals surface area (Å²) in [6.45, 7) is 2.90. The quantitative estimate of drug-likeness (QED) is 0.320. The van der Waals surface area contributed by atoms with Crippen LogP contribution in [0.1, 0.15) is 58.3 Å². The van der Waals surface area contributed by atoms with E-state index < -0.39 is 0 Å². The summed E-state index contributed by atoms with van der Waals surface area (Å²) in [7, 11) is 0. The summed E-state index contributed by atoms with van der Waals surface area (Å²) in [5.41, 5.74) is 0. The molecule has 0 spiro atoms. The van der Waals surface area contributed by atoms with Crippen LogP contribution in [-0.2, 0) is 4.79 Å². The van der Waals surface area contributed by atoms with Gasteiger partial charge in [-0.3, -0.25) is 4.70 Å². The van der Waals surface area contributed by atoms with E-state index in [1.807, 2.05) is 0 Å². The smallest absolute Gasteiger partial charge is 0.234 e. The average molecular weight is 203 g/mol. The zero-order valence-electron chi connectivity index (χ0n) is 9.13. The Morgan fingerprint density at radius 3 is 1.93 bits per heavy atom. The van der Waals surface area contributed by atoms with E-state index in [-0.39, 0.29) is 4.70 Å². The van der Waals surface area contributed by atoms with Gasteiger partial charge in [0, 0.05) is 0 Å². The second kappa shape index (κ2) is 14.8. The summed E-state index contributed by atoms with van der Waals surface area (Å²) < 4.78 is 0. The van der Waals surface area contributed by atoms with Crippen molar-refractivity contribution in [1.29, 1.82) is 0 Å². The topological polar surface area (TPSA) is 29.4 Å². The number of isocyanates is 1. The van der Waals surface area contributed by atoms with Crippen LogP contribution in [0.3, 0.4) is 0 Å². The first kappa shape index (κ1) is 15.8. The Kier molecular flexibility index (Phi) is 16.7. The van der Waals surface area contributed by atoms with Crippen molar-refractivity contribution < 1.29 is 9.50 Å². The van der Waals surface area contributed by atoms with Crippen molar-refractivity contribution in [1.82, 2.24) is 0 Å². The minimum Gasteiger partial charge on any atom is -0.269 e. The summed E-state index contributed by atoms with van der Waals surface area (Å²) in [6, 6.07) is 0. The molecule has 0 heterocycles. The van der Waals surface area contributed by atoms with Gasteiger partial charge in [0.25, 0.3) is 0 Å². The summed E-state index contributed by atoms with van der Waals surface area (Å²) in [5, 5.41) is 0. The number of aliphatic imine (C=N–C) groups is 1. The minimum atomic E-state index is 0. The predicted molar refractivity (Wildman–Crippen MR) is 58.1 cm³/mol. The molecule has 0 amide bonds. The number of carbonyl (C=O) groups excluding carboxylic acids is 1. The Labute approximate surface area is 86.2 Å². The minimum absolute atomic E-state index is 0. The lowest BCUT2D eigenvalue weighted by Crippen LogP contribution is -1.83. The third kappa shape index (κ3) is 13.9. The van der Waals surface area contributed by atoms with Crippen LogP contribution in [0.25, 0.3) is 0 Å². The van der Waals surface area contributed by atoms with Crippen LogP contribution < -0.4 is 0 Å². The Balaban J connectivity index is 0. The molecule has 0 N–H and O–H groups in total. The van der Waals surface area contributed by atoms with Crippen LogP contribution in [0.5, 0.6) is 0 Å². The van der Waals surface area contributed by atoms with Gasteiger partial charge < -0.3 is 0 Å². The lowest BCUT2D eigenvalue weighted by molar-refractivity contribution is 0.558. The van der Waals surface area contributed by atoms with Gasteiger partial charge in [-0.05, 0) is 6.42 Å². The first-order valence-electron chi connectivity index (χ1n) is 5.45. The number of hydrogen-bond acceptors (Lipinski definition) is 2. The molecule has 0 bridgehead atoms. The number of nitrogens with zero attached hydrogens (tertiary/aromatic N) is 1. The molecule has 0 unspecified atom stereocenters. The fourth-order valence-electron chi connectivity index (χ4n) is 1.37. The molecule has 0 aliphatic carbocycles. The molecule has 0 atom stereocenters. The lowest BCUT2D eigenvalue weighted by atomic mass is 10.1. The molecule has 84 valence electrons. The van der Waals surface area contributed by atoms with Crippen LogP contribution in [-0.4, -0.2) is 12.6 Å². The van der Waals surface area contributed by atoms with Crippen molar-refractivity contribution in [2.45, 2.75) is 58.3 Å². The third-order valence-electron chi connectivity index (χ3n) is 2.19. The highest BCUT2D eigenvalue weighted by molar-refractivity contribution is 5.32. The maximum atomic E-state index is 9.72. The zero-order valence-corrected chi connectivity index (χ0v) is 9.13. The predicted octanol–water partition coefficient (Wildman–Crippen LogP) is 3.62. The van der Waals surface area contributed by atoms with Gasteiger partial charge >= 0.3 is 0 Å². The molecular weight excluding hydrogens is 181 g/mol. The highest BCUT2D eigenvalue weighted by Crippen LogP contribution is 2.07. The van der Waals surface area contributed by atoms with Gasteiger partial charge in [0.05, 0.1) is 6.54 Å². The van der Waals surface area contributed by atoms with Crippen molar-refractivity contribution >= 4 is 6.08 Å². The number of halogens is 1. The zero-order chi connectivity index (χ0) is 9.78. The summed E-state index contributed by atoms with van der Waals surface area (Å²) in [5.74, 6) is 0. The largest absolute Gasteiger partial charge is 0.269 e. The molecule has 0 aromatic carbocycles. The Morgan fingerprint density at radius 1 is 0.929 bits per heavy atom. The third-order valence-corrected chi connectivity index (χ3v) is 2.19. The molecule has 0 radical (unpaired) electrons. The van der Waals surface area contributed by atoms with E-state index in [1.54, 1.807) is 6.08 Å². The van der Waals surface area contributed by atoms with E-state index in [2.05, 4.69) is 11.9 Å². The maximum Gasteiger partial charge on any atom is 0.234 e. The standard InChI is InChI=1S/C11H21NO.FH/c1-2-3-4-5-6-7-8-9-10-12-11-13;/h2-10H2,1H3;1H. The van der Waals surface area contributed by atoms with Gasteiger partial charge in [-0.15, -0.1) is 0 Å². The van der Waals surface area contributed by atoms with E-state index >= 15 is 0 Å². The number of hydrogen-bond donors (Lipinski definition) is 0. The summed E-state index contributed by atoms with van der Waals surface area (Å²) >= 11 is 0. The molecule has 0 aromatic heterocycles. The first-order valence-corrected chi connectivity index (χ1v) is 5.45. The Bertz CT molecular complexity index is 144. The monoisotopic (exact) mass is 203 g/mol.